The number of amides is 1. The van der Waals surface area contributed by atoms with Crippen molar-refractivity contribution in [1.29, 1.82) is 0 Å². The maximum Gasteiger partial charge on any atom is 0.263 e. The number of nitrogens with zero attached hydrogens (tertiary/aromatic N) is 2. The molecule has 3 heterocycles. The highest BCUT2D eigenvalue weighted by molar-refractivity contribution is 7.99. The van der Waals surface area contributed by atoms with Crippen LogP contribution in [0.25, 0.3) is 10.2 Å². The number of thiophene rings is 1. The molecule has 1 aliphatic rings. The third-order valence-electron chi connectivity index (χ3n) is 6.35. The highest BCUT2D eigenvalue weighted by Crippen LogP contribution is 2.36. The summed E-state index contributed by atoms with van der Waals surface area (Å²) in [5.74, 6) is 1.34. The Balaban J connectivity index is 1.48. The van der Waals surface area contributed by atoms with Crippen LogP contribution in [0.1, 0.15) is 40.7 Å². The number of carbonyl (C=O) groups excluding carboxylic acids is 1. The number of hydrogen-bond acceptors (Lipinski definition) is 6. The zero-order valence-corrected chi connectivity index (χ0v) is 21.1. The lowest BCUT2D eigenvalue weighted by Crippen LogP contribution is -2.25. The van der Waals surface area contributed by atoms with E-state index in [0.29, 0.717) is 16.8 Å². The van der Waals surface area contributed by atoms with Gasteiger partial charge in [0, 0.05) is 10.6 Å². The molecule has 1 amide bonds. The maximum absolute atomic E-state index is 13.7. The van der Waals surface area contributed by atoms with Gasteiger partial charge in [-0.2, -0.15) is 0 Å². The smallest absolute Gasteiger partial charge is 0.263 e. The Labute approximate surface area is 206 Å². The predicted octanol–water partition coefficient (Wildman–Crippen LogP) is 5.57. The molecule has 5 rings (SSSR count). The Morgan fingerprint density at radius 2 is 2.06 bits per heavy atom. The van der Waals surface area contributed by atoms with E-state index in [-0.39, 0.29) is 23.8 Å². The van der Waals surface area contributed by atoms with E-state index in [1.165, 1.54) is 16.6 Å². The van der Waals surface area contributed by atoms with Gasteiger partial charge in [0.25, 0.3) is 5.56 Å². The molecule has 1 N–H and O–H groups in total. The topological polar surface area (TPSA) is 77.1 Å². The van der Waals surface area contributed by atoms with Crippen molar-refractivity contribution >= 4 is 44.9 Å². The maximum atomic E-state index is 13.7. The molecule has 0 radical (unpaired) electrons. The average Bonchev–Trinajstić information content (AvgIpc) is 3.44. The molecule has 3 aromatic heterocycles. The molecule has 176 valence electrons. The number of hydrogen-bond donors (Lipinski definition) is 1. The number of thioether (sulfide) groups is 1. The quantitative estimate of drug-likeness (QED) is 0.281. The van der Waals surface area contributed by atoms with E-state index < -0.39 is 0 Å². The summed E-state index contributed by atoms with van der Waals surface area (Å²) >= 11 is 2.92. The van der Waals surface area contributed by atoms with Gasteiger partial charge < -0.3 is 9.73 Å². The van der Waals surface area contributed by atoms with Crippen molar-refractivity contribution in [3.63, 3.8) is 0 Å². The van der Waals surface area contributed by atoms with Gasteiger partial charge in [-0.1, -0.05) is 36.9 Å². The van der Waals surface area contributed by atoms with Crippen molar-refractivity contribution in [2.24, 2.45) is 5.92 Å². The van der Waals surface area contributed by atoms with E-state index in [4.69, 9.17) is 9.40 Å². The molecular formula is C26H27N3O3S2. The zero-order valence-electron chi connectivity index (χ0n) is 19.5. The van der Waals surface area contributed by atoms with Crippen LogP contribution in [0.4, 0.5) is 5.69 Å². The van der Waals surface area contributed by atoms with E-state index in [9.17, 15) is 9.59 Å². The molecular weight excluding hydrogens is 466 g/mol. The molecule has 0 saturated carbocycles. The molecule has 0 aliphatic heterocycles. The van der Waals surface area contributed by atoms with Crippen molar-refractivity contribution < 1.29 is 9.21 Å². The van der Waals surface area contributed by atoms with Gasteiger partial charge in [-0.05, 0) is 67.9 Å². The summed E-state index contributed by atoms with van der Waals surface area (Å²) in [6.45, 7) is 6.50. The van der Waals surface area contributed by atoms with Crippen molar-refractivity contribution in [3.8, 4) is 0 Å². The molecule has 1 aromatic carbocycles. The molecule has 34 heavy (non-hydrogen) atoms. The highest BCUT2D eigenvalue weighted by Gasteiger charge is 2.25. The minimum atomic E-state index is -0.124. The molecule has 4 aromatic rings. The molecule has 6 nitrogen and oxygen atoms in total. The number of anilines is 1. The fourth-order valence-corrected chi connectivity index (χ4v) is 6.75. The first-order valence-corrected chi connectivity index (χ1v) is 13.3. The Kier molecular flexibility index (Phi) is 6.36. The van der Waals surface area contributed by atoms with Gasteiger partial charge in [0.1, 0.15) is 10.6 Å². The second-order valence-corrected chi connectivity index (χ2v) is 11.0. The Morgan fingerprint density at radius 1 is 1.26 bits per heavy atom. The summed E-state index contributed by atoms with van der Waals surface area (Å²) in [6, 6.07) is 9.59. The van der Waals surface area contributed by atoms with E-state index in [1.54, 1.807) is 22.2 Å². The lowest BCUT2D eigenvalue weighted by atomic mass is 9.89. The van der Waals surface area contributed by atoms with Crippen LogP contribution in [-0.2, 0) is 24.2 Å². The van der Waals surface area contributed by atoms with Gasteiger partial charge in [-0.25, -0.2) is 4.98 Å². The van der Waals surface area contributed by atoms with Crippen molar-refractivity contribution in [1.82, 2.24) is 9.55 Å². The molecule has 0 bridgehead atoms. The van der Waals surface area contributed by atoms with Crippen LogP contribution >= 0.6 is 23.1 Å². The summed E-state index contributed by atoms with van der Waals surface area (Å²) in [6.07, 6.45) is 4.60. The fourth-order valence-electron chi connectivity index (χ4n) is 4.53. The fraction of sp³-hybridized carbons (Fsp3) is 0.346. The number of fused-ring (bicyclic) bond motifs is 3. The van der Waals surface area contributed by atoms with Gasteiger partial charge in [0.15, 0.2) is 5.16 Å². The van der Waals surface area contributed by atoms with Crippen LogP contribution in [-0.4, -0.2) is 21.2 Å². The first-order valence-electron chi connectivity index (χ1n) is 11.5. The van der Waals surface area contributed by atoms with Crippen LogP contribution in [0.3, 0.4) is 0 Å². The molecule has 0 saturated heterocycles. The Hall–Kier alpha value is -2.84. The van der Waals surface area contributed by atoms with Crippen LogP contribution in [0, 0.1) is 19.8 Å². The third kappa shape index (κ3) is 4.44. The predicted molar refractivity (Wildman–Crippen MR) is 138 cm³/mol. The average molecular weight is 494 g/mol. The molecule has 8 heteroatoms. The van der Waals surface area contributed by atoms with Gasteiger partial charge >= 0.3 is 0 Å². The van der Waals surface area contributed by atoms with Gasteiger partial charge in [-0.15, -0.1) is 11.3 Å². The number of nitrogens with one attached hydrogen (secondary N) is 1. The molecule has 1 unspecified atom stereocenters. The van der Waals surface area contributed by atoms with Crippen molar-refractivity contribution in [2.75, 3.05) is 11.1 Å². The Morgan fingerprint density at radius 3 is 2.79 bits per heavy atom. The first-order chi connectivity index (χ1) is 16.4. The Bertz CT molecular complexity index is 1400. The van der Waals surface area contributed by atoms with E-state index >= 15 is 0 Å². The number of benzene rings is 1. The molecule has 0 spiro atoms. The third-order valence-corrected chi connectivity index (χ3v) is 8.48. The van der Waals surface area contributed by atoms with Crippen LogP contribution in [0.15, 0.2) is 51.0 Å². The van der Waals surface area contributed by atoms with Crippen LogP contribution in [0.2, 0.25) is 0 Å². The first kappa shape index (κ1) is 22.9. The normalized spacial score (nSPS) is 15.4. The standard InChI is InChI=1S/C26H27N3O3S2/c1-15-9-10-19-20(12-15)34-24-22(19)25(31)29(13-18-8-5-11-32-18)26(28-24)33-14-21(30)27-23-16(2)6-4-7-17(23)3/h4-8,11,15H,9-10,12-14H2,1-3H3,(H,27,30). The number of aryl methyl sites for hydroxylation is 3. The SMILES string of the molecule is Cc1cccc(C)c1NC(=O)CSc1nc2sc3c(c2c(=O)n1Cc1ccco1)CCC(C)C3. The summed E-state index contributed by atoms with van der Waals surface area (Å²) in [4.78, 5) is 33.4. The minimum Gasteiger partial charge on any atom is -0.467 e. The molecule has 1 aliphatic carbocycles. The summed E-state index contributed by atoms with van der Waals surface area (Å²) in [5, 5.41) is 4.30. The monoisotopic (exact) mass is 493 g/mol. The number of aromatic nitrogens is 2. The second-order valence-electron chi connectivity index (χ2n) is 9.00. The summed E-state index contributed by atoms with van der Waals surface area (Å²) < 4.78 is 7.18. The van der Waals surface area contributed by atoms with Crippen LogP contribution in [0.5, 0.6) is 0 Å². The minimum absolute atomic E-state index is 0.0499. The highest BCUT2D eigenvalue weighted by atomic mass is 32.2. The summed E-state index contributed by atoms with van der Waals surface area (Å²) in [5.41, 5.74) is 3.99. The van der Waals surface area contributed by atoms with Crippen molar-refractivity contribution in [2.45, 2.75) is 51.7 Å². The number of rotatable bonds is 6. The summed E-state index contributed by atoms with van der Waals surface area (Å²) in [7, 11) is 0. The van der Waals surface area contributed by atoms with Gasteiger partial charge in [0.2, 0.25) is 5.91 Å². The number of para-hydroxylation sites is 1. The second kappa shape index (κ2) is 9.43. The molecule has 1 atom stereocenters. The molecule has 0 fully saturated rings. The number of furan rings is 1. The van der Waals surface area contributed by atoms with E-state index in [0.717, 1.165) is 51.9 Å². The van der Waals surface area contributed by atoms with Crippen LogP contribution < -0.4 is 10.9 Å². The zero-order chi connectivity index (χ0) is 23.8. The number of carbonyl (C=O) groups is 1. The van der Waals surface area contributed by atoms with E-state index in [1.807, 2.05) is 44.2 Å². The van der Waals surface area contributed by atoms with E-state index in [2.05, 4.69) is 12.2 Å². The largest absolute Gasteiger partial charge is 0.467 e. The van der Waals surface area contributed by atoms with Gasteiger partial charge in [0.05, 0.1) is 23.9 Å². The lowest BCUT2D eigenvalue weighted by Gasteiger charge is -2.17. The van der Waals surface area contributed by atoms with Gasteiger partial charge in [-0.3, -0.25) is 14.2 Å². The van der Waals surface area contributed by atoms with Crippen molar-refractivity contribution in [3.05, 3.63) is 74.3 Å². The lowest BCUT2D eigenvalue weighted by molar-refractivity contribution is -0.113.